The van der Waals surface area contributed by atoms with Gasteiger partial charge in [0.25, 0.3) is 0 Å². The molecule has 0 radical (unpaired) electrons. The van der Waals surface area contributed by atoms with Crippen molar-refractivity contribution in [2.45, 2.75) is 6.92 Å². The summed E-state index contributed by atoms with van der Waals surface area (Å²) in [6.45, 7) is 6.07. The lowest BCUT2D eigenvalue weighted by Crippen LogP contribution is -2.23. The fourth-order valence-electron chi connectivity index (χ4n) is 1.88. The molecule has 0 saturated carbocycles. The summed E-state index contributed by atoms with van der Waals surface area (Å²) >= 11 is 3.48. The number of halogens is 1. The van der Waals surface area contributed by atoms with Crippen molar-refractivity contribution < 1.29 is 4.84 Å². The molecule has 0 spiro atoms. The van der Waals surface area contributed by atoms with Gasteiger partial charge in [0.05, 0.1) is 18.5 Å². The second-order valence-corrected chi connectivity index (χ2v) is 4.67. The fourth-order valence-corrected chi connectivity index (χ4v) is 2.38. The topological polar surface area (TPSA) is 12.5 Å². The van der Waals surface area contributed by atoms with E-state index in [0.29, 0.717) is 0 Å². The first-order valence-electron chi connectivity index (χ1n) is 5.32. The number of rotatable bonds is 2. The van der Waals surface area contributed by atoms with Gasteiger partial charge in [0.2, 0.25) is 0 Å². The van der Waals surface area contributed by atoms with Crippen molar-refractivity contribution in [1.82, 2.24) is 5.06 Å². The van der Waals surface area contributed by atoms with E-state index in [1.165, 1.54) is 0 Å². The van der Waals surface area contributed by atoms with Crippen molar-refractivity contribution in [3.8, 4) is 0 Å². The molecule has 0 atom stereocenters. The maximum absolute atomic E-state index is 5.42. The lowest BCUT2D eigenvalue weighted by Gasteiger charge is -2.31. The summed E-state index contributed by atoms with van der Waals surface area (Å²) in [6.07, 6.45) is 2.06. The SMILES string of the molecule is C=C1C(Br)=CC(C)=C(c2ccccc2)N1OC. The van der Waals surface area contributed by atoms with Crippen molar-refractivity contribution in [3.05, 3.63) is 64.3 Å². The molecule has 17 heavy (non-hydrogen) atoms. The molecule has 1 aliphatic rings. The molecular formula is C14H14BrNO. The van der Waals surface area contributed by atoms with Crippen LogP contribution in [0.2, 0.25) is 0 Å². The summed E-state index contributed by atoms with van der Waals surface area (Å²) in [5.41, 5.74) is 4.08. The summed E-state index contributed by atoms with van der Waals surface area (Å²) in [5.74, 6) is 0. The summed E-state index contributed by atoms with van der Waals surface area (Å²) in [5, 5.41) is 1.74. The minimum Gasteiger partial charge on any atom is -0.272 e. The Hall–Kier alpha value is -1.32. The van der Waals surface area contributed by atoms with Crippen LogP contribution in [0, 0.1) is 0 Å². The van der Waals surface area contributed by atoms with Gasteiger partial charge in [-0.1, -0.05) is 36.9 Å². The largest absolute Gasteiger partial charge is 0.272 e. The van der Waals surface area contributed by atoms with E-state index in [0.717, 1.165) is 27.0 Å². The molecule has 0 aromatic heterocycles. The highest BCUT2D eigenvalue weighted by atomic mass is 79.9. The summed E-state index contributed by atoms with van der Waals surface area (Å²) in [4.78, 5) is 5.42. The van der Waals surface area contributed by atoms with Crippen LogP contribution in [0.5, 0.6) is 0 Å². The third kappa shape index (κ3) is 2.21. The van der Waals surface area contributed by atoms with E-state index in [4.69, 9.17) is 4.84 Å². The average Bonchev–Trinajstić information content (AvgIpc) is 2.34. The molecule has 2 nitrogen and oxygen atoms in total. The van der Waals surface area contributed by atoms with Crippen LogP contribution in [-0.4, -0.2) is 12.2 Å². The zero-order valence-electron chi connectivity index (χ0n) is 9.90. The maximum Gasteiger partial charge on any atom is 0.0797 e. The van der Waals surface area contributed by atoms with Gasteiger partial charge in [-0.2, -0.15) is 0 Å². The van der Waals surface area contributed by atoms with Crippen molar-refractivity contribution >= 4 is 21.6 Å². The predicted molar refractivity (Wildman–Crippen MR) is 74.0 cm³/mol. The molecule has 88 valence electrons. The number of nitrogens with zero attached hydrogens (tertiary/aromatic N) is 1. The van der Waals surface area contributed by atoms with Crippen LogP contribution in [0.1, 0.15) is 12.5 Å². The highest BCUT2D eigenvalue weighted by molar-refractivity contribution is 9.12. The highest BCUT2D eigenvalue weighted by Gasteiger charge is 2.22. The van der Waals surface area contributed by atoms with Gasteiger partial charge in [-0.05, 0) is 34.5 Å². The van der Waals surface area contributed by atoms with Gasteiger partial charge in [-0.25, -0.2) is 5.06 Å². The molecule has 0 N–H and O–H groups in total. The molecule has 0 amide bonds. The van der Waals surface area contributed by atoms with Crippen LogP contribution in [-0.2, 0) is 4.84 Å². The van der Waals surface area contributed by atoms with Gasteiger partial charge in [-0.3, -0.25) is 4.84 Å². The monoisotopic (exact) mass is 291 g/mol. The average molecular weight is 292 g/mol. The normalized spacial score (nSPS) is 16.3. The second-order valence-electron chi connectivity index (χ2n) is 3.81. The van der Waals surface area contributed by atoms with Crippen molar-refractivity contribution in [1.29, 1.82) is 0 Å². The minimum absolute atomic E-state index is 0.803. The number of hydrogen-bond acceptors (Lipinski definition) is 2. The molecule has 0 aliphatic carbocycles. The van der Waals surface area contributed by atoms with Crippen molar-refractivity contribution in [2.24, 2.45) is 0 Å². The maximum atomic E-state index is 5.42. The van der Waals surface area contributed by atoms with E-state index >= 15 is 0 Å². The van der Waals surface area contributed by atoms with Gasteiger partial charge in [-0.15, -0.1) is 0 Å². The summed E-state index contributed by atoms with van der Waals surface area (Å²) in [7, 11) is 1.65. The Balaban J connectivity index is 2.56. The molecule has 0 bridgehead atoms. The first-order chi connectivity index (χ1) is 8.15. The Kier molecular flexibility index (Phi) is 3.50. The first-order valence-corrected chi connectivity index (χ1v) is 6.11. The molecule has 1 aromatic rings. The van der Waals surface area contributed by atoms with E-state index in [1.807, 2.05) is 18.2 Å². The summed E-state index contributed by atoms with van der Waals surface area (Å²) in [6, 6.07) is 10.1. The van der Waals surface area contributed by atoms with Gasteiger partial charge >= 0.3 is 0 Å². The second kappa shape index (κ2) is 4.90. The van der Waals surface area contributed by atoms with E-state index in [1.54, 1.807) is 12.2 Å². The highest BCUT2D eigenvalue weighted by Crippen LogP contribution is 2.36. The van der Waals surface area contributed by atoms with Gasteiger partial charge < -0.3 is 0 Å². The fraction of sp³-hybridized carbons (Fsp3) is 0.143. The molecular weight excluding hydrogens is 278 g/mol. The smallest absolute Gasteiger partial charge is 0.0797 e. The van der Waals surface area contributed by atoms with Crippen LogP contribution in [0.25, 0.3) is 5.70 Å². The molecule has 0 unspecified atom stereocenters. The lowest BCUT2D eigenvalue weighted by molar-refractivity contribution is -0.0421. The Bertz CT molecular complexity index is 502. The Labute approximate surface area is 110 Å². The quantitative estimate of drug-likeness (QED) is 0.814. The molecule has 1 heterocycles. The third-order valence-corrected chi connectivity index (χ3v) is 3.36. The standard InChI is InChI=1S/C14H14BrNO/c1-10-9-13(15)11(2)16(17-3)14(10)12-7-5-4-6-8-12/h4-9H,2H2,1,3H3. The third-order valence-electron chi connectivity index (χ3n) is 2.67. The van der Waals surface area contributed by atoms with E-state index in [9.17, 15) is 0 Å². The zero-order valence-corrected chi connectivity index (χ0v) is 11.5. The summed E-state index contributed by atoms with van der Waals surface area (Å²) < 4.78 is 0.941. The van der Waals surface area contributed by atoms with Gasteiger partial charge in [0, 0.05) is 10.0 Å². The van der Waals surface area contributed by atoms with Crippen LogP contribution < -0.4 is 0 Å². The first kappa shape index (κ1) is 12.1. The minimum atomic E-state index is 0.803. The van der Waals surface area contributed by atoms with Crippen LogP contribution >= 0.6 is 15.9 Å². The van der Waals surface area contributed by atoms with Crippen LogP contribution in [0.15, 0.2) is 58.7 Å². The Morgan fingerprint density at radius 2 is 1.88 bits per heavy atom. The molecule has 0 saturated heterocycles. The van der Waals surface area contributed by atoms with Crippen LogP contribution in [0.4, 0.5) is 0 Å². The molecule has 0 fully saturated rings. The molecule has 1 aromatic carbocycles. The number of hydroxylamine groups is 2. The van der Waals surface area contributed by atoms with Gasteiger partial charge in [0.15, 0.2) is 0 Å². The Morgan fingerprint density at radius 3 is 2.47 bits per heavy atom. The predicted octanol–water partition coefficient (Wildman–Crippen LogP) is 4.09. The van der Waals surface area contributed by atoms with Gasteiger partial charge in [0.1, 0.15) is 0 Å². The van der Waals surface area contributed by atoms with Crippen molar-refractivity contribution in [3.63, 3.8) is 0 Å². The zero-order chi connectivity index (χ0) is 12.4. The van der Waals surface area contributed by atoms with E-state index < -0.39 is 0 Å². The van der Waals surface area contributed by atoms with E-state index in [-0.39, 0.29) is 0 Å². The molecule has 2 rings (SSSR count). The number of hydrogen-bond donors (Lipinski definition) is 0. The molecule has 1 aliphatic heterocycles. The van der Waals surface area contributed by atoms with E-state index in [2.05, 4.69) is 47.6 Å². The number of allylic oxidation sites excluding steroid dienone is 3. The lowest BCUT2D eigenvalue weighted by atomic mass is 10.0. The molecule has 3 heteroatoms. The number of benzene rings is 1. The van der Waals surface area contributed by atoms with Crippen LogP contribution in [0.3, 0.4) is 0 Å². The Morgan fingerprint density at radius 1 is 1.24 bits per heavy atom. The van der Waals surface area contributed by atoms with Crippen molar-refractivity contribution in [2.75, 3.05) is 7.11 Å².